The summed E-state index contributed by atoms with van der Waals surface area (Å²) in [6.07, 6.45) is 2.61. The van der Waals surface area contributed by atoms with Crippen molar-refractivity contribution >= 4 is 17.2 Å². The van der Waals surface area contributed by atoms with Gasteiger partial charge in [0.05, 0.1) is 17.3 Å². The molecular weight excluding hydrogens is 238 g/mol. The van der Waals surface area contributed by atoms with Crippen molar-refractivity contribution < 1.29 is 4.74 Å². The second-order valence-electron chi connectivity index (χ2n) is 3.87. The normalized spacial score (nSPS) is 11.0. The highest BCUT2D eigenvalue weighted by Gasteiger charge is 2.08. The van der Waals surface area contributed by atoms with Gasteiger partial charge in [-0.25, -0.2) is 0 Å². The van der Waals surface area contributed by atoms with E-state index in [4.69, 9.17) is 22.7 Å². The lowest BCUT2D eigenvalue weighted by atomic mass is 10.3. The highest BCUT2D eigenvalue weighted by molar-refractivity contribution is 7.80. The first kappa shape index (κ1) is 14.0. The summed E-state index contributed by atoms with van der Waals surface area (Å²) >= 11 is 4.88. The number of thiocarbonyl (C=S) groups is 1. The monoisotopic (exact) mass is 257 g/mol. The molecule has 96 valence electrons. The van der Waals surface area contributed by atoms with Crippen LogP contribution in [0.15, 0.2) is 6.20 Å². The van der Waals surface area contributed by atoms with Crippen molar-refractivity contribution in [2.45, 2.75) is 13.0 Å². The minimum Gasteiger partial charge on any atom is -0.393 e. The van der Waals surface area contributed by atoms with E-state index < -0.39 is 0 Å². The zero-order chi connectivity index (χ0) is 12.7. The number of hydrogen-bond donors (Lipinski definition) is 1. The third-order valence-corrected chi connectivity index (χ3v) is 2.53. The van der Waals surface area contributed by atoms with Crippen LogP contribution in [0.5, 0.6) is 0 Å². The summed E-state index contributed by atoms with van der Waals surface area (Å²) in [5.41, 5.74) is 6.44. The molecule has 0 aromatic carbocycles. The maximum absolute atomic E-state index is 5.51. The fourth-order valence-electron chi connectivity index (χ4n) is 1.46. The average Bonchev–Trinajstić information content (AvgIpc) is 2.68. The zero-order valence-corrected chi connectivity index (χ0v) is 11.1. The highest BCUT2D eigenvalue weighted by atomic mass is 32.1. The molecule has 0 bridgehead atoms. The van der Waals surface area contributed by atoms with E-state index in [2.05, 4.69) is 15.2 Å². The van der Waals surface area contributed by atoms with Crippen LogP contribution in [0.1, 0.15) is 12.1 Å². The van der Waals surface area contributed by atoms with Gasteiger partial charge in [-0.1, -0.05) is 17.4 Å². The fourth-order valence-corrected chi connectivity index (χ4v) is 1.55. The number of ether oxygens (including phenoxy) is 1. The average molecular weight is 257 g/mol. The van der Waals surface area contributed by atoms with E-state index in [1.807, 2.05) is 13.2 Å². The SMILES string of the molecule is COCCN(CCC(N)=S)Cc1cn(C)nn1. The van der Waals surface area contributed by atoms with E-state index in [1.165, 1.54) is 0 Å². The summed E-state index contributed by atoms with van der Waals surface area (Å²) in [5, 5.41) is 7.96. The molecule has 7 heteroatoms. The maximum Gasteiger partial charge on any atom is 0.0967 e. The van der Waals surface area contributed by atoms with Crippen molar-refractivity contribution in [3.8, 4) is 0 Å². The molecular formula is C10H19N5OS. The van der Waals surface area contributed by atoms with E-state index in [9.17, 15) is 0 Å². The molecule has 0 amide bonds. The van der Waals surface area contributed by atoms with Gasteiger partial charge in [-0.2, -0.15) is 0 Å². The van der Waals surface area contributed by atoms with E-state index >= 15 is 0 Å². The Balaban J connectivity index is 2.47. The maximum atomic E-state index is 5.51. The Morgan fingerprint density at radius 2 is 2.35 bits per heavy atom. The van der Waals surface area contributed by atoms with Crippen LogP contribution >= 0.6 is 12.2 Å². The number of methoxy groups -OCH3 is 1. The van der Waals surface area contributed by atoms with Gasteiger partial charge in [0.2, 0.25) is 0 Å². The van der Waals surface area contributed by atoms with Gasteiger partial charge in [0.15, 0.2) is 0 Å². The Bertz CT molecular complexity index is 354. The van der Waals surface area contributed by atoms with Gasteiger partial charge in [0.25, 0.3) is 0 Å². The quantitative estimate of drug-likeness (QED) is 0.658. The van der Waals surface area contributed by atoms with Crippen LogP contribution in [-0.4, -0.2) is 51.7 Å². The molecule has 0 aliphatic heterocycles. The van der Waals surface area contributed by atoms with Crippen LogP contribution < -0.4 is 5.73 Å². The first-order valence-corrected chi connectivity index (χ1v) is 5.87. The molecule has 0 unspecified atom stereocenters. The van der Waals surface area contributed by atoms with Crippen molar-refractivity contribution in [1.29, 1.82) is 0 Å². The van der Waals surface area contributed by atoms with Crippen molar-refractivity contribution in [3.05, 3.63) is 11.9 Å². The molecule has 0 saturated heterocycles. The van der Waals surface area contributed by atoms with Gasteiger partial charge in [-0.05, 0) is 0 Å². The van der Waals surface area contributed by atoms with Crippen LogP contribution in [0.3, 0.4) is 0 Å². The summed E-state index contributed by atoms with van der Waals surface area (Å²) in [7, 11) is 3.54. The van der Waals surface area contributed by atoms with E-state index in [-0.39, 0.29) is 0 Å². The lowest BCUT2D eigenvalue weighted by Crippen LogP contribution is -2.30. The highest BCUT2D eigenvalue weighted by Crippen LogP contribution is 2.01. The molecule has 1 heterocycles. The van der Waals surface area contributed by atoms with E-state index in [1.54, 1.807) is 11.8 Å². The molecule has 1 rings (SSSR count). The number of hydrogen-bond acceptors (Lipinski definition) is 5. The summed E-state index contributed by atoms with van der Waals surface area (Å²) in [6.45, 7) is 3.06. The van der Waals surface area contributed by atoms with Gasteiger partial charge >= 0.3 is 0 Å². The summed E-state index contributed by atoms with van der Waals surface area (Å²) in [6, 6.07) is 0. The number of nitrogens with two attached hydrogens (primary N) is 1. The van der Waals surface area contributed by atoms with E-state index in [0.29, 0.717) is 18.0 Å². The Morgan fingerprint density at radius 3 is 2.88 bits per heavy atom. The van der Waals surface area contributed by atoms with Crippen molar-refractivity contribution in [3.63, 3.8) is 0 Å². The van der Waals surface area contributed by atoms with Crippen LogP contribution in [-0.2, 0) is 18.3 Å². The lowest BCUT2D eigenvalue weighted by Gasteiger charge is -2.20. The first-order valence-electron chi connectivity index (χ1n) is 5.46. The largest absolute Gasteiger partial charge is 0.393 e. The van der Waals surface area contributed by atoms with Crippen LogP contribution in [0, 0.1) is 0 Å². The molecule has 0 saturated carbocycles. The number of rotatable bonds is 8. The zero-order valence-electron chi connectivity index (χ0n) is 10.3. The molecule has 0 aliphatic carbocycles. The third-order valence-electron chi connectivity index (χ3n) is 2.32. The van der Waals surface area contributed by atoms with Crippen LogP contribution in [0.4, 0.5) is 0 Å². The molecule has 0 spiro atoms. The Morgan fingerprint density at radius 1 is 1.59 bits per heavy atom. The topological polar surface area (TPSA) is 69.2 Å². The molecule has 0 fully saturated rings. The molecule has 0 aliphatic rings. The molecule has 0 radical (unpaired) electrons. The predicted octanol–water partition coefficient (Wildman–Crippen LogP) is -0.0603. The molecule has 1 aromatic heterocycles. The van der Waals surface area contributed by atoms with Gasteiger partial charge in [-0.15, -0.1) is 5.10 Å². The summed E-state index contributed by atoms with van der Waals surface area (Å²) in [5.74, 6) is 0. The van der Waals surface area contributed by atoms with Crippen molar-refractivity contribution in [2.24, 2.45) is 12.8 Å². The Labute approximate surface area is 107 Å². The molecule has 17 heavy (non-hydrogen) atoms. The number of nitrogens with zero attached hydrogens (tertiary/aromatic N) is 4. The Hall–Kier alpha value is -1.05. The van der Waals surface area contributed by atoms with Gasteiger partial charge < -0.3 is 10.5 Å². The molecule has 1 aromatic rings. The smallest absolute Gasteiger partial charge is 0.0967 e. The number of aromatic nitrogens is 3. The second kappa shape index (κ2) is 7.31. The Kier molecular flexibility index (Phi) is 6.03. The third kappa shape index (κ3) is 5.71. The minimum atomic E-state index is 0.534. The minimum absolute atomic E-state index is 0.534. The lowest BCUT2D eigenvalue weighted by molar-refractivity contribution is 0.145. The van der Waals surface area contributed by atoms with Gasteiger partial charge in [0, 0.05) is 46.4 Å². The van der Waals surface area contributed by atoms with Gasteiger partial charge in [0.1, 0.15) is 0 Å². The predicted molar refractivity (Wildman–Crippen MR) is 69.6 cm³/mol. The summed E-state index contributed by atoms with van der Waals surface area (Å²) in [4.78, 5) is 2.73. The first-order chi connectivity index (χ1) is 8.11. The van der Waals surface area contributed by atoms with Crippen LogP contribution in [0.25, 0.3) is 0 Å². The van der Waals surface area contributed by atoms with Crippen LogP contribution in [0.2, 0.25) is 0 Å². The molecule has 6 nitrogen and oxygen atoms in total. The molecule has 2 N–H and O–H groups in total. The van der Waals surface area contributed by atoms with Crippen molar-refractivity contribution in [1.82, 2.24) is 19.9 Å². The van der Waals surface area contributed by atoms with Gasteiger partial charge in [-0.3, -0.25) is 9.58 Å². The fraction of sp³-hybridized carbons (Fsp3) is 0.700. The standard InChI is InChI=1S/C10H19N5OS/c1-14-7-9(12-13-14)8-15(5-6-16-2)4-3-10(11)17/h7H,3-6,8H2,1-2H3,(H2,11,17). The summed E-state index contributed by atoms with van der Waals surface area (Å²) < 4.78 is 6.77. The molecule has 0 atom stereocenters. The van der Waals surface area contributed by atoms with E-state index in [0.717, 1.165) is 25.3 Å². The number of aryl methyl sites for hydroxylation is 1. The van der Waals surface area contributed by atoms with Crippen molar-refractivity contribution in [2.75, 3.05) is 26.8 Å². The second-order valence-corrected chi connectivity index (χ2v) is 4.39.